The van der Waals surface area contributed by atoms with Gasteiger partial charge in [-0.05, 0) is 61.4 Å². The van der Waals surface area contributed by atoms with E-state index in [2.05, 4.69) is 125 Å². The van der Waals surface area contributed by atoms with Crippen LogP contribution in [0.3, 0.4) is 0 Å². The van der Waals surface area contributed by atoms with Gasteiger partial charge < -0.3 is 0 Å². The van der Waals surface area contributed by atoms with Gasteiger partial charge in [-0.2, -0.15) is 0 Å². The van der Waals surface area contributed by atoms with Crippen LogP contribution in [0.1, 0.15) is 22.3 Å². The van der Waals surface area contributed by atoms with Gasteiger partial charge in [0.25, 0.3) is 0 Å². The second kappa shape index (κ2) is 6.65. The van der Waals surface area contributed by atoms with Crippen molar-refractivity contribution in [2.24, 2.45) is 0 Å². The van der Waals surface area contributed by atoms with E-state index in [0.717, 1.165) is 10.1 Å². The number of fused-ring (bicyclic) bond motifs is 2. The van der Waals surface area contributed by atoms with Crippen molar-refractivity contribution in [3.63, 3.8) is 0 Å². The first-order valence-electron chi connectivity index (χ1n) is 10.1. The minimum absolute atomic E-state index is 0.402. The largest absolute Gasteiger partial charge is 0.241 e. The lowest BCUT2D eigenvalue weighted by Crippen LogP contribution is -2.33. The van der Waals surface area contributed by atoms with Crippen molar-refractivity contribution >= 4 is 26.8 Å². The Morgan fingerprint density at radius 3 is 1.87 bits per heavy atom. The van der Waals surface area contributed by atoms with Gasteiger partial charge in [-0.25, -0.2) is 4.98 Å². The maximum Gasteiger partial charge on any atom is 0.107 e. The molecule has 0 aliphatic heterocycles. The Morgan fingerprint density at radius 2 is 1.17 bits per heavy atom. The standard InChI is InChI=1S/C28H18BrN/c29-26-18-22-21-14-7-8-15-23(21)28(19-10-3-1-4-11-19,20-12-5-2-6-13-20)24-16-9-17-25(30-26)27(22)24/h1-18H. The van der Waals surface area contributed by atoms with Gasteiger partial charge in [0.15, 0.2) is 0 Å². The van der Waals surface area contributed by atoms with Crippen LogP contribution in [0.2, 0.25) is 0 Å². The van der Waals surface area contributed by atoms with Crippen molar-refractivity contribution in [2.75, 3.05) is 0 Å². The second-order valence-electron chi connectivity index (χ2n) is 7.72. The lowest BCUT2D eigenvalue weighted by atomic mass is 9.60. The molecule has 0 N–H and O–H groups in total. The molecule has 0 atom stereocenters. The van der Waals surface area contributed by atoms with E-state index >= 15 is 0 Å². The number of benzene rings is 4. The van der Waals surface area contributed by atoms with Gasteiger partial charge in [-0.1, -0.05) is 97.1 Å². The molecule has 1 heterocycles. The maximum absolute atomic E-state index is 4.82. The molecule has 6 rings (SSSR count). The zero-order valence-corrected chi connectivity index (χ0v) is 17.8. The lowest BCUT2D eigenvalue weighted by molar-refractivity contribution is 0.749. The van der Waals surface area contributed by atoms with E-state index in [0.29, 0.717) is 0 Å². The summed E-state index contributed by atoms with van der Waals surface area (Å²) in [4.78, 5) is 4.82. The molecule has 142 valence electrons. The number of rotatable bonds is 2. The van der Waals surface area contributed by atoms with Crippen LogP contribution in [0.25, 0.3) is 22.0 Å². The van der Waals surface area contributed by atoms with Gasteiger partial charge in [-0.15, -0.1) is 0 Å². The van der Waals surface area contributed by atoms with Crippen LogP contribution in [0.5, 0.6) is 0 Å². The number of hydrogen-bond donors (Lipinski definition) is 0. The minimum atomic E-state index is -0.402. The fraction of sp³-hybridized carbons (Fsp3) is 0.0357. The highest BCUT2D eigenvalue weighted by molar-refractivity contribution is 9.10. The summed E-state index contributed by atoms with van der Waals surface area (Å²) in [6.07, 6.45) is 0. The quantitative estimate of drug-likeness (QED) is 0.252. The van der Waals surface area contributed by atoms with E-state index in [9.17, 15) is 0 Å². The third-order valence-corrected chi connectivity index (χ3v) is 6.65. The molecule has 0 saturated heterocycles. The molecule has 0 fully saturated rings. The highest BCUT2D eigenvalue weighted by atomic mass is 79.9. The monoisotopic (exact) mass is 447 g/mol. The van der Waals surface area contributed by atoms with Crippen LogP contribution < -0.4 is 0 Å². The summed E-state index contributed by atoms with van der Waals surface area (Å²) in [6.45, 7) is 0. The molecular weight excluding hydrogens is 430 g/mol. The van der Waals surface area contributed by atoms with Gasteiger partial charge in [-0.3, -0.25) is 0 Å². The summed E-state index contributed by atoms with van der Waals surface area (Å²) >= 11 is 3.63. The minimum Gasteiger partial charge on any atom is -0.241 e. The molecule has 1 aliphatic rings. The van der Waals surface area contributed by atoms with Crippen molar-refractivity contribution in [3.8, 4) is 11.1 Å². The Kier molecular flexibility index (Phi) is 3.90. The average molecular weight is 448 g/mol. The first kappa shape index (κ1) is 17.6. The van der Waals surface area contributed by atoms with Gasteiger partial charge in [0.05, 0.1) is 10.9 Å². The van der Waals surface area contributed by atoms with Crippen molar-refractivity contribution < 1.29 is 0 Å². The first-order chi connectivity index (χ1) is 14.8. The van der Waals surface area contributed by atoms with Gasteiger partial charge >= 0.3 is 0 Å². The topological polar surface area (TPSA) is 12.9 Å². The molecule has 30 heavy (non-hydrogen) atoms. The fourth-order valence-corrected chi connectivity index (χ4v) is 5.55. The lowest BCUT2D eigenvalue weighted by Gasteiger charge is -2.42. The highest BCUT2D eigenvalue weighted by Crippen LogP contribution is 2.55. The van der Waals surface area contributed by atoms with Gasteiger partial charge in [0, 0.05) is 5.39 Å². The molecule has 4 aromatic carbocycles. The van der Waals surface area contributed by atoms with Crippen molar-refractivity contribution in [2.45, 2.75) is 5.41 Å². The average Bonchev–Trinajstić information content (AvgIpc) is 2.81. The molecule has 0 radical (unpaired) electrons. The molecule has 0 bridgehead atoms. The third kappa shape index (κ3) is 2.31. The Morgan fingerprint density at radius 1 is 0.567 bits per heavy atom. The van der Waals surface area contributed by atoms with E-state index in [1.54, 1.807) is 0 Å². The number of nitrogens with zero attached hydrogens (tertiary/aromatic N) is 1. The van der Waals surface area contributed by atoms with Crippen LogP contribution in [-0.2, 0) is 5.41 Å². The Balaban J connectivity index is 1.90. The Hall–Kier alpha value is -3.23. The normalized spacial score (nSPS) is 13.8. The van der Waals surface area contributed by atoms with Gasteiger partial charge in [0.1, 0.15) is 4.60 Å². The van der Waals surface area contributed by atoms with Crippen molar-refractivity contribution in [3.05, 3.63) is 136 Å². The number of pyridine rings is 1. The van der Waals surface area contributed by atoms with Crippen LogP contribution >= 0.6 is 15.9 Å². The number of hydrogen-bond acceptors (Lipinski definition) is 1. The zero-order valence-electron chi connectivity index (χ0n) is 16.2. The molecule has 0 unspecified atom stereocenters. The maximum atomic E-state index is 4.82. The Bertz CT molecular complexity index is 1350. The van der Waals surface area contributed by atoms with Crippen molar-refractivity contribution in [1.29, 1.82) is 0 Å². The summed E-state index contributed by atoms with van der Waals surface area (Å²) in [5, 5.41) is 1.23. The predicted molar refractivity (Wildman–Crippen MR) is 127 cm³/mol. The molecule has 0 amide bonds. The van der Waals surface area contributed by atoms with E-state index in [-0.39, 0.29) is 0 Å². The van der Waals surface area contributed by atoms with E-state index in [1.165, 1.54) is 38.8 Å². The highest BCUT2D eigenvalue weighted by Gasteiger charge is 2.44. The molecule has 1 aromatic heterocycles. The summed E-state index contributed by atoms with van der Waals surface area (Å²) in [5.41, 5.74) is 8.24. The van der Waals surface area contributed by atoms with Crippen LogP contribution in [0, 0.1) is 0 Å². The number of aromatic nitrogens is 1. The smallest absolute Gasteiger partial charge is 0.107 e. The number of halogens is 1. The molecule has 1 nitrogen and oxygen atoms in total. The van der Waals surface area contributed by atoms with Gasteiger partial charge in [0.2, 0.25) is 0 Å². The van der Waals surface area contributed by atoms with E-state index in [1.807, 2.05) is 0 Å². The summed E-state index contributed by atoms with van der Waals surface area (Å²) in [5.74, 6) is 0. The molecule has 1 aliphatic carbocycles. The van der Waals surface area contributed by atoms with Crippen LogP contribution in [0.4, 0.5) is 0 Å². The fourth-order valence-electron chi connectivity index (χ4n) is 5.13. The molecule has 0 spiro atoms. The SMILES string of the molecule is Brc1cc2c3c(cccc3n1)C(c1ccccc1)(c1ccccc1)c1ccccc1-2. The third-order valence-electron chi connectivity index (χ3n) is 6.24. The predicted octanol–water partition coefficient (Wildman–Crippen LogP) is 7.36. The van der Waals surface area contributed by atoms with Crippen molar-refractivity contribution in [1.82, 2.24) is 4.98 Å². The summed E-state index contributed by atoms with van der Waals surface area (Å²) in [7, 11) is 0. The summed E-state index contributed by atoms with van der Waals surface area (Å²) in [6, 6.07) is 39.2. The summed E-state index contributed by atoms with van der Waals surface area (Å²) < 4.78 is 0.865. The Labute approximate surface area is 184 Å². The second-order valence-corrected chi connectivity index (χ2v) is 8.53. The first-order valence-corrected chi connectivity index (χ1v) is 10.9. The molecule has 5 aromatic rings. The van der Waals surface area contributed by atoms with E-state index in [4.69, 9.17) is 4.98 Å². The van der Waals surface area contributed by atoms with Crippen LogP contribution in [-0.4, -0.2) is 4.98 Å². The molecular formula is C28H18BrN. The van der Waals surface area contributed by atoms with Crippen LogP contribution in [0.15, 0.2) is 114 Å². The molecule has 0 saturated carbocycles. The van der Waals surface area contributed by atoms with E-state index < -0.39 is 5.41 Å². The zero-order chi connectivity index (χ0) is 20.1. The molecule has 2 heteroatoms.